The third-order valence-corrected chi connectivity index (χ3v) is 2.72. The average molecular weight is 186 g/mol. The number of halogens is 1. The highest BCUT2D eigenvalue weighted by Gasteiger charge is 2.42. The van der Waals surface area contributed by atoms with Gasteiger partial charge in [0.1, 0.15) is 0 Å². The highest BCUT2D eigenvalue weighted by Crippen LogP contribution is 2.34. The summed E-state index contributed by atoms with van der Waals surface area (Å²) in [5.74, 6) is -0.698. The van der Waals surface area contributed by atoms with Crippen molar-refractivity contribution in [2.24, 2.45) is 11.8 Å². The fourth-order valence-corrected chi connectivity index (χ4v) is 1.98. The van der Waals surface area contributed by atoms with Crippen molar-refractivity contribution < 1.29 is 9.59 Å². The molecule has 1 aliphatic heterocycles. The van der Waals surface area contributed by atoms with Crippen molar-refractivity contribution in [1.82, 2.24) is 5.32 Å². The Kier molecular flexibility index (Phi) is 1.68. The Bertz CT molecular complexity index is 285. The average Bonchev–Trinajstić information content (AvgIpc) is 2.28. The lowest BCUT2D eigenvalue weighted by Gasteiger charge is -2.17. The summed E-state index contributed by atoms with van der Waals surface area (Å²) in [5.41, 5.74) is 0. The van der Waals surface area contributed by atoms with E-state index in [0.717, 1.165) is 0 Å². The highest BCUT2D eigenvalue weighted by atomic mass is 35.5. The quantitative estimate of drug-likeness (QED) is 0.568. The van der Waals surface area contributed by atoms with Gasteiger partial charge in [-0.3, -0.25) is 14.9 Å². The van der Waals surface area contributed by atoms with Gasteiger partial charge in [0.2, 0.25) is 11.8 Å². The van der Waals surface area contributed by atoms with Gasteiger partial charge in [0.25, 0.3) is 0 Å². The first-order valence-corrected chi connectivity index (χ1v) is 4.25. The molecule has 4 heteroatoms. The fraction of sp³-hybridized carbons (Fsp3) is 0.500. The number of imide groups is 1. The molecule has 1 aliphatic carbocycles. The second-order valence-electron chi connectivity index (χ2n) is 3.16. The number of allylic oxidation sites excluding steroid dienone is 2. The van der Waals surface area contributed by atoms with Gasteiger partial charge >= 0.3 is 0 Å². The van der Waals surface area contributed by atoms with Gasteiger partial charge in [-0.2, -0.15) is 0 Å². The standard InChI is InChI=1S/C8H8ClNO2/c9-4-1-2-5-6(3-4)8(12)10-7(5)11/h1,5-6H,2-3H2,(H,10,11,12)/t5-,6-/m0/s1. The van der Waals surface area contributed by atoms with E-state index in [4.69, 9.17) is 11.6 Å². The van der Waals surface area contributed by atoms with E-state index >= 15 is 0 Å². The zero-order valence-electron chi connectivity index (χ0n) is 6.34. The van der Waals surface area contributed by atoms with Gasteiger partial charge in [-0.25, -0.2) is 0 Å². The van der Waals surface area contributed by atoms with Crippen LogP contribution >= 0.6 is 11.6 Å². The van der Waals surface area contributed by atoms with Crippen LogP contribution in [0.5, 0.6) is 0 Å². The largest absolute Gasteiger partial charge is 0.296 e. The molecule has 0 unspecified atom stereocenters. The van der Waals surface area contributed by atoms with Crippen molar-refractivity contribution in [1.29, 1.82) is 0 Å². The molecule has 12 heavy (non-hydrogen) atoms. The van der Waals surface area contributed by atoms with Gasteiger partial charge in [-0.1, -0.05) is 17.7 Å². The number of hydrogen-bond acceptors (Lipinski definition) is 2. The number of nitrogens with one attached hydrogen (secondary N) is 1. The summed E-state index contributed by atoms with van der Waals surface area (Å²) < 4.78 is 0. The first kappa shape index (κ1) is 7.80. The smallest absolute Gasteiger partial charge is 0.230 e. The molecule has 2 amide bonds. The fourth-order valence-electron chi connectivity index (χ4n) is 1.73. The molecule has 1 fully saturated rings. The van der Waals surface area contributed by atoms with E-state index in [1.54, 1.807) is 0 Å². The van der Waals surface area contributed by atoms with Crippen molar-refractivity contribution in [3.05, 3.63) is 11.1 Å². The van der Waals surface area contributed by atoms with Gasteiger partial charge in [0.15, 0.2) is 0 Å². The molecule has 2 rings (SSSR count). The highest BCUT2D eigenvalue weighted by molar-refractivity contribution is 6.30. The molecule has 64 valence electrons. The van der Waals surface area contributed by atoms with Crippen LogP contribution in [0.15, 0.2) is 11.1 Å². The molecule has 2 atom stereocenters. The van der Waals surface area contributed by atoms with Crippen LogP contribution in [0.4, 0.5) is 0 Å². The molecule has 0 bridgehead atoms. The number of rotatable bonds is 0. The van der Waals surface area contributed by atoms with Crippen LogP contribution in [-0.4, -0.2) is 11.8 Å². The molecule has 0 radical (unpaired) electrons. The first-order chi connectivity index (χ1) is 5.68. The SMILES string of the molecule is O=C1NC(=O)[C@H]2CC(Cl)=CC[C@H]12. The number of fused-ring (bicyclic) bond motifs is 1. The van der Waals surface area contributed by atoms with Gasteiger partial charge < -0.3 is 0 Å². The topological polar surface area (TPSA) is 46.2 Å². The minimum Gasteiger partial charge on any atom is -0.296 e. The van der Waals surface area contributed by atoms with Crippen molar-refractivity contribution in [3.63, 3.8) is 0 Å². The summed E-state index contributed by atoms with van der Waals surface area (Å²) >= 11 is 5.77. The summed E-state index contributed by atoms with van der Waals surface area (Å²) in [5, 5.41) is 3.00. The molecule has 0 aromatic carbocycles. The summed E-state index contributed by atoms with van der Waals surface area (Å²) in [6.07, 6.45) is 2.94. The number of carbonyl (C=O) groups excluding carboxylic acids is 2. The molecule has 0 spiro atoms. The Morgan fingerprint density at radius 2 is 2.00 bits per heavy atom. The monoisotopic (exact) mass is 185 g/mol. The number of carbonyl (C=O) groups is 2. The van der Waals surface area contributed by atoms with Gasteiger partial charge in [0.05, 0.1) is 11.8 Å². The van der Waals surface area contributed by atoms with Gasteiger partial charge in [0, 0.05) is 5.03 Å². The van der Waals surface area contributed by atoms with Crippen LogP contribution in [0.1, 0.15) is 12.8 Å². The van der Waals surface area contributed by atoms with Crippen LogP contribution in [0, 0.1) is 11.8 Å². The maximum atomic E-state index is 11.1. The van der Waals surface area contributed by atoms with E-state index in [1.165, 1.54) is 0 Å². The second kappa shape index (κ2) is 2.59. The van der Waals surface area contributed by atoms with Gasteiger partial charge in [-0.05, 0) is 12.8 Å². The van der Waals surface area contributed by atoms with Crippen LogP contribution in [0.25, 0.3) is 0 Å². The summed E-state index contributed by atoms with van der Waals surface area (Å²) in [7, 11) is 0. The zero-order chi connectivity index (χ0) is 8.72. The van der Waals surface area contributed by atoms with E-state index in [9.17, 15) is 9.59 Å². The van der Waals surface area contributed by atoms with Gasteiger partial charge in [-0.15, -0.1) is 0 Å². The predicted molar refractivity (Wildman–Crippen MR) is 43.3 cm³/mol. The Morgan fingerprint density at radius 1 is 1.33 bits per heavy atom. The Labute approximate surface area is 74.8 Å². The first-order valence-electron chi connectivity index (χ1n) is 3.87. The van der Waals surface area contributed by atoms with Crippen molar-refractivity contribution >= 4 is 23.4 Å². The van der Waals surface area contributed by atoms with Crippen LogP contribution < -0.4 is 5.32 Å². The molecule has 3 nitrogen and oxygen atoms in total. The van der Waals surface area contributed by atoms with E-state index in [0.29, 0.717) is 17.9 Å². The predicted octanol–water partition coefficient (Wildman–Crippen LogP) is 0.792. The van der Waals surface area contributed by atoms with Crippen LogP contribution in [0.2, 0.25) is 0 Å². The zero-order valence-corrected chi connectivity index (χ0v) is 7.10. The summed E-state index contributed by atoms with van der Waals surface area (Å²) in [4.78, 5) is 22.3. The Balaban J connectivity index is 2.27. The van der Waals surface area contributed by atoms with E-state index in [-0.39, 0.29) is 23.7 Å². The van der Waals surface area contributed by atoms with E-state index in [1.807, 2.05) is 6.08 Å². The Hall–Kier alpha value is -0.830. The van der Waals surface area contributed by atoms with Crippen LogP contribution in [0.3, 0.4) is 0 Å². The number of amides is 2. The molecule has 1 N–H and O–H groups in total. The molecular weight excluding hydrogens is 178 g/mol. The molecule has 0 aromatic rings. The maximum Gasteiger partial charge on any atom is 0.230 e. The molecular formula is C8H8ClNO2. The second-order valence-corrected chi connectivity index (χ2v) is 3.64. The van der Waals surface area contributed by atoms with E-state index < -0.39 is 0 Å². The van der Waals surface area contributed by atoms with Crippen molar-refractivity contribution in [2.45, 2.75) is 12.8 Å². The third-order valence-electron chi connectivity index (χ3n) is 2.41. The minimum atomic E-state index is -0.213. The van der Waals surface area contributed by atoms with Crippen molar-refractivity contribution in [3.8, 4) is 0 Å². The molecule has 1 saturated heterocycles. The summed E-state index contributed by atoms with van der Waals surface area (Å²) in [6, 6.07) is 0. The minimum absolute atomic E-state index is 0.148. The van der Waals surface area contributed by atoms with Crippen LogP contribution in [-0.2, 0) is 9.59 Å². The number of hydrogen-bond donors (Lipinski definition) is 1. The third kappa shape index (κ3) is 1.05. The normalized spacial score (nSPS) is 34.2. The van der Waals surface area contributed by atoms with E-state index in [2.05, 4.69) is 5.32 Å². The molecule has 0 aromatic heterocycles. The maximum absolute atomic E-state index is 11.1. The van der Waals surface area contributed by atoms with Crippen molar-refractivity contribution in [2.75, 3.05) is 0 Å². The lowest BCUT2D eigenvalue weighted by atomic mass is 9.85. The Morgan fingerprint density at radius 3 is 2.75 bits per heavy atom. The molecule has 2 aliphatic rings. The molecule has 1 heterocycles. The summed E-state index contributed by atoms with van der Waals surface area (Å²) in [6.45, 7) is 0. The lowest BCUT2D eigenvalue weighted by Crippen LogP contribution is -2.22. The lowest BCUT2D eigenvalue weighted by molar-refractivity contribution is -0.126. The molecule has 0 saturated carbocycles.